The van der Waals surface area contributed by atoms with Crippen molar-refractivity contribution >= 4 is 31.9 Å². The fraction of sp³-hybridized carbons (Fsp3) is 0.600. The first-order chi connectivity index (χ1) is 9.20. The van der Waals surface area contributed by atoms with E-state index in [1.54, 1.807) is 0 Å². The van der Waals surface area contributed by atoms with E-state index in [1.807, 2.05) is 7.05 Å². The van der Waals surface area contributed by atoms with Crippen LogP contribution in [0.4, 0.5) is 0 Å². The van der Waals surface area contributed by atoms with E-state index in [0.29, 0.717) is 12.1 Å². The second-order valence-electron chi connectivity index (χ2n) is 5.07. The summed E-state index contributed by atoms with van der Waals surface area (Å²) in [5.74, 6) is 0. The molecule has 106 valence electrons. The molecule has 1 N–H and O–H groups in total. The molecule has 1 aromatic carbocycles. The maximum Gasteiger partial charge on any atom is 0.0576 e. The Labute approximate surface area is 132 Å². The molecule has 1 aromatic rings. The number of hydrogen-bond acceptors (Lipinski definition) is 2. The largest absolute Gasteiger partial charge is 0.378 e. The Morgan fingerprint density at radius 3 is 2.95 bits per heavy atom. The van der Waals surface area contributed by atoms with Gasteiger partial charge in [-0.2, -0.15) is 0 Å². The highest BCUT2D eigenvalue weighted by Crippen LogP contribution is 2.30. The lowest BCUT2D eigenvalue weighted by molar-refractivity contribution is 0.101. The topological polar surface area (TPSA) is 21.3 Å². The SMILES string of the molecule is CNC(CCCC1CCCO1)c1cc(Br)ccc1Br. The Morgan fingerprint density at radius 1 is 1.42 bits per heavy atom. The first-order valence-electron chi connectivity index (χ1n) is 6.94. The Bertz CT molecular complexity index is 405. The van der Waals surface area contributed by atoms with Crippen molar-refractivity contribution in [2.75, 3.05) is 13.7 Å². The van der Waals surface area contributed by atoms with Crippen LogP contribution < -0.4 is 5.32 Å². The minimum atomic E-state index is 0.397. The smallest absolute Gasteiger partial charge is 0.0576 e. The van der Waals surface area contributed by atoms with E-state index in [9.17, 15) is 0 Å². The van der Waals surface area contributed by atoms with Crippen molar-refractivity contribution in [3.63, 3.8) is 0 Å². The van der Waals surface area contributed by atoms with Gasteiger partial charge in [-0.15, -0.1) is 0 Å². The molecule has 0 saturated carbocycles. The van der Waals surface area contributed by atoms with Crippen LogP contribution in [0.2, 0.25) is 0 Å². The lowest BCUT2D eigenvalue weighted by Gasteiger charge is -2.19. The summed E-state index contributed by atoms with van der Waals surface area (Å²) in [6.07, 6.45) is 6.51. The minimum Gasteiger partial charge on any atom is -0.378 e. The Hall–Kier alpha value is 0.1000. The van der Waals surface area contributed by atoms with Crippen LogP contribution in [0.3, 0.4) is 0 Å². The van der Waals surface area contributed by atoms with E-state index in [1.165, 1.54) is 35.7 Å². The molecular weight excluding hydrogens is 370 g/mol. The molecule has 2 atom stereocenters. The molecule has 0 aromatic heterocycles. The summed E-state index contributed by atoms with van der Waals surface area (Å²) in [4.78, 5) is 0. The minimum absolute atomic E-state index is 0.397. The van der Waals surface area contributed by atoms with Crippen molar-refractivity contribution in [1.82, 2.24) is 5.32 Å². The molecule has 19 heavy (non-hydrogen) atoms. The molecule has 0 spiro atoms. The molecule has 2 rings (SSSR count). The summed E-state index contributed by atoms with van der Waals surface area (Å²) < 4.78 is 7.98. The lowest BCUT2D eigenvalue weighted by Crippen LogP contribution is -2.17. The van der Waals surface area contributed by atoms with Gasteiger partial charge in [0.1, 0.15) is 0 Å². The fourth-order valence-corrected chi connectivity index (χ4v) is 3.56. The summed E-state index contributed by atoms with van der Waals surface area (Å²) in [5.41, 5.74) is 1.32. The van der Waals surface area contributed by atoms with Crippen molar-refractivity contribution in [2.45, 2.75) is 44.2 Å². The highest BCUT2D eigenvalue weighted by atomic mass is 79.9. The maximum atomic E-state index is 5.68. The summed E-state index contributed by atoms with van der Waals surface area (Å²) >= 11 is 7.19. The Balaban J connectivity index is 1.89. The molecule has 0 radical (unpaired) electrons. The van der Waals surface area contributed by atoms with Gasteiger partial charge in [-0.05, 0) is 62.9 Å². The van der Waals surface area contributed by atoms with E-state index in [0.717, 1.165) is 17.5 Å². The van der Waals surface area contributed by atoms with Crippen molar-refractivity contribution < 1.29 is 4.74 Å². The molecule has 0 bridgehead atoms. The van der Waals surface area contributed by atoms with Crippen LogP contribution in [0.15, 0.2) is 27.1 Å². The van der Waals surface area contributed by atoms with E-state index in [4.69, 9.17) is 4.74 Å². The van der Waals surface area contributed by atoms with Gasteiger partial charge in [-0.3, -0.25) is 0 Å². The van der Waals surface area contributed by atoms with E-state index >= 15 is 0 Å². The van der Waals surface area contributed by atoms with Crippen LogP contribution in [0.5, 0.6) is 0 Å². The van der Waals surface area contributed by atoms with Gasteiger partial charge in [0.05, 0.1) is 6.10 Å². The van der Waals surface area contributed by atoms with Gasteiger partial charge in [0, 0.05) is 21.6 Å². The van der Waals surface area contributed by atoms with Crippen LogP contribution in [0.1, 0.15) is 43.7 Å². The number of hydrogen-bond donors (Lipinski definition) is 1. The molecule has 1 heterocycles. The molecule has 1 saturated heterocycles. The second kappa shape index (κ2) is 7.77. The van der Waals surface area contributed by atoms with Gasteiger partial charge in [-0.25, -0.2) is 0 Å². The highest BCUT2D eigenvalue weighted by molar-refractivity contribution is 9.11. The van der Waals surface area contributed by atoms with Gasteiger partial charge in [0.25, 0.3) is 0 Å². The third-order valence-electron chi connectivity index (χ3n) is 3.72. The van der Waals surface area contributed by atoms with Crippen molar-refractivity contribution in [2.24, 2.45) is 0 Å². The van der Waals surface area contributed by atoms with Gasteiger partial charge in [0.2, 0.25) is 0 Å². The third kappa shape index (κ3) is 4.55. The normalized spacial score (nSPS) is 20.7. The Kier molecular flexibility index (Phi) is 6.33. The molecule has 2 unspecified atom stereocenters. The quantitative estimate of drug-likeness (QED) is 0.751. The zero-order chi connectivity index (χ0) is 13.7. The predicted molar refractivity (Wildman–Crippen MR) is 86.5 cm³/mol. The molecule has 1 aliphatic heterocycles. The van der Waals surface area contributed by atoms with Crippen LogP contribution >= 0.6 is 31.9 Å². The average Bonchev–Trinajstić information content (AvgIpc) is 2.91. The fourth-order valence-electron chi connectivity index (χ4n) is 2.66. The number of halogens is 2. The molecule has 0 amide bonds. The summed E-state index contributed by atoms with van der Waals surface area (Å²) in [6, 6.07) is 6.75. The molecule has 1 aliphatic rings. The van der Waals surface area contributed by atoms with Crippen LogP contribution in [-0.4, -0.2) is 19.8 Å². The van der Waals surface area contributed by atoms with Gasteiger partial charge in [0.15, 0.2) is 0 Å². The van der Waals surface area contributed by atoms with Crippen LogP contribution in [-0.2, 0) is 4.74 Å². The van der Waals surface area contributed by atoms with Crippen LogP contribution in [0.25, 0.3) is 0 Å². The molecule has 0 aliphatic carbocycles. The van der Waals surface area contributed by atoms with Gasteiger partial charge >= 0.3 is 0 Å². The van der Waals surface area contributed by atoms with Crippen LogP contribution in [0, 0.1) is 0 Å². The van der Waals surface area contributed by atoms with Gasteiger partial charge < -0.3 is 10.1 Å². The van der Waals surface area contributed by atoms with Crippen molar-refractivity contribution in [3.8, 4) is 0 Å². The second-order valence-corrected chi connectivity index (χ2v) is 6.84. The molecule has 4 heteroatoms. The summed E-state index contributed by atoms with van der Waals surface area (Å²) in [5, 5.41) is 3.42. The number of ether oxygens (including phenoxy) is 1. The average molecular weight is 391 g/mol. The zero-order valence-corrected chi connectivity index (χ0v) is 14.5. The first kappa shape index (κ1) is 15.5. The number of nitrogens with one attached hydrogen (secondary N) is 1. The zero-order valence-electron chi connectivity index (χ0n) is 11.3. The first-order valence-corrected chi connectivity index (χ1v) is 8.53. The predicted octanol–water partition coefficient (Wildman–Crippen LogP) is 4.82. The van der Waals surface area contributed by atoms with E-state index < -0.39 is 0 Å². The number of benzene rings is 1. The monoisotopic (exact) mass is 389 g/mol. The Morgan fingerprint density at radius 2 is 2.26 bits per heavy atom. The maximum absolute atomic E-state index is 5.68. The highest BCUT2D eigenvalue weighted by Gasteiger charge is 2.17. The van der Waals surface area contributed by atoms with Gasteiger partial charge in [-0.1, -0.05) is 31.9 Å². The summed E-state index contributed by atoms with van der Waals surface area (Å²) in [6.45, 7) is 0.956. The van der Waals surface area contributed by atoms with Crippen molar-refractivity contribution in [3.05, 3.63) is 32.7 Å². The molecule has 1 fully saturated rings. The van der Waals surface area contributed by atoms with E-state index in [2.05, 4.69) is 55.4 Å². The van der Waals surface area contributed by atoms with Crippen molar-refractivity contribution in [1.29, 1.82) is 0 Å². The standard InChI is InChI=1S/C15H21Br2NO/c1-18-15(6-2-4-12-5-3-9-19-12)13-10-11(16)7-8-14(13)17/h7-8,10,12,15,18H,2-6,9H2,1H3. The molecular formula is C15H21Br2NO. The molecule has 2 nitrogen and oxygen atoms in total. The third-order valence-corrected chi connectivity index (χ3v) is 4.94. The van der Waals surface area contributed by atoms with E-state index in [-0.39, 0.29) is 0 Å². The lowest BCUT2D eigenvalue weighted by atomic mass is 9.99. The summed E-state index contributed by atoms with van der Waals surface area (Å²) in [7, 11) is 2.03. The number of rotatable bonds is 6.